The molecule has 3 rings (SSSR count). The maximum atomic E-state index is 5.36. The third-order valence-corrected chi connectivity index (χ3v) is 3.55. The molecule has 0 atom stereocenters. The standard InChI is InChI=1S/C11H12N2OS/c1-2-9-11(15-8-12-9)10(3-1)13-4-6-14-7-5-13/h1-3,8H,4-7H2. The van der Waals surface area contributed by atoms with Crippen LogP contribution in [0, 0.1) is 0 Å². The van der Waals surface area contributed by atoms with Crippen molar-refractivity contribution in [3.63, 3.8) is 0 Å². The summed E-state index contributed by atoms with van der Waals surface area (Å²) in [7, 11) is 0. The fourth-order valence-electron chi connectivity index (χ4n) is 1.92. The lowest BCUT2D eigenvalue weighted by molar-refractivity contribution is 0.123. The van der Waals surface area contributed by atoms with E-state index in [0.29, 0.717) is 0 Å². The Bertz CT molecular complexity index is 462. The molecule has 1 aliphatic heterocycles. The molecule has 1 saturated heterocycles. The molecule has 2 heterocycles. The number of morpholine rings is 1. The van der Waals surface area contributed by atoms with Crippen LogP contribution in [0.2, 0.25) is 0 Å². The quantitative estimate of drug-likeness (QED) is 0.736. The Morgan fingerprint density at radius 2 is 2.13 bits per heavy atom. The zero-order valence-electron chi connectivity index (χ0n) is 8.35. The van der Waals surface area contributed by atoms with Crippen molar-refractivity contribution in [2.24, 2.45) is 0 Å². The molecule has 15 heavy (non-hydrogen) atoms. The maximum absolute atomic E-state index is 5.36. The molecule has 2 aromatic rings. The van der Waals surface area contributed by atoms with Crippen molar-refractivity contribution in [2.45, 2.75) is 0 Å². The van der Waals surface area contributed by atoms with Crippen LogP contribution < -0.4 is 4.90 Å². The molecule has 1 fully saturated rings. The Morgan fingerprint density at radius 1 is 1.27 bits per heavy atom. The number of nitrogens with zero attached hydrogens (tertiary/aromatic N) is 2. The molecule has 0 radical (unpaired) electrons. The van der Waals surface area contributed by atoms with E-state index in [9.17, 15) is 0 Å². The summed E-state index contributed by atoms with van der Waals surface area (Å²) < 4.78 is 6.65. The maximum Gasteiger partial charge on any atom is 0.0833 e. The van der Waals surface area contributed by atoms with Gasteiger partial charge in [-0.05, 0) is 12.1 Å². The summed E-state index contributed by atoms with van der Waals surface area (Å²) >= 11 is 1.71. The number of benzene rings is 1. The average Bonchev–Trinajstić information content (AvgIpc) is 2.78. The van der Waals surface area contributed by atoms with Gasteiger partial charge in [0.15, 0.2) is 0 Å². The molecular formula is C11H12N2OS. The molecule has 0 unspecified atom stereocenters. The van der Waals surface area contributed by atoms with Gasteiger partial charge in [0.2, 0.25) is 0 Å². The first-order valence-electron chi connectivity index (χ1n) is 5.10. The van der Waals surface area contributed by atoms with Gasteiger partial charge in [-0.25, -0.2) is 4.98 Å². The van der Waals surface area contributed by atoms with Crippen LogP contribution in [0.4, 0.5) is 5.69 Å². The Labute approximate surface area is 92.3 Å². The number of ether oxygens (including phenoxy) is 1. The first-order valence-corrected chi connectivity index (χ1v) is 5.98. The van der Waals surface area contributed by atoms with E-state index < -0.39 is 0 Å². The van der Waals surface area contributed by atoms with Crippen molar-refractivity contribution in [3.8, 4) is 0 Å². The molecular weight excluding hydrogens is 208 g/mol. The van der Waals surface area contributed by atoms with Crippen molar-refractivity contribution < 1.29 is 4.74 Å². The van der Waals surface area contributed by atoms with E-state index in [1.54, 1.807) is 11.3 Å². The predicted molar refractivity (Wildman–Crippen MR) is 62.7 cm³/mol. The summed E-state index contributed by atoms with van der Waals surface area (Å²) in [5, 5.41) is 0. The van der Waals surface area contributed by atoms with E-state index in [4.69, 9.17) is 4.74 Å². The van der Waals surface area contributed by atoms with Crippen LogP contribution in [0.1, 0.15) is 0 Å². The van der Waals surface area contributed by atoms with Crippen LogP contribution in [0.15, 0.2) is 23.7 Å². The van der Waals surface area contributed by atoms with Gasteiger partial charge in [-0.3, -0.25) is 0 Å². The van der Waals surface area contributed by atoms with E-state index in [-0.39, 0.29) is 0 Å². The molecule has 0 saturated carbocycles. The average molecular weight is 220 g/mol. The lowest BCUT2D eigenvalue weighted by atomic mass is 10.2. The summed E-state index contributed by atoms with van der Waals surface area (Å²) in [5.41, 5.74) is 4.32. The Morgan fingerprint density at radius 3 is 3.00 bits per heavy atom. The van der Waals surface area contributed by atoms with E-state index >= 15 is 0 Å². The molecule has 0 N–H and O–H groups in total. The van der Waals surface area contributed by atoms with Crippen molar-refractivity contribution in [3.05, 3.63) is 23.7 Å². The second-order valence-corrected chi connectivity index (χ2v) is 4.43. The molecule has 78 valence electrons. The van der Waals surface area contributed by atoms with Crippen molar-refractivity contribution in [1.29, 1.82) is 0 Å². The topological polar surface area (TPSA) is 25.4 Å². The molecule has 0 amide bonds. The van der Waals surface area contributed by atoms with Gasteiger partial charge in [-0.2, -0.15) is 0 Å². The molecule has 0 bridgehead atoms. The smallest absolute Gasteiger partial charge is 0.0833 e. The summed E-state index contributed by atoms with van der Waals surface area (Å²) in [4.78, 5) is 6.71. The number of rotatable bonds is 1. The van der Waals surface area contributed by atoms with Crippen LogP contribution >= 0.6 is 11.3 Å². The van der Waals surface area contributed by atoms with Crippen LogP contribution in [-0.4, -0.2) is 31.3 Å². The lowest BCUT2D eigenvalue weighted by Gasteiger charge is -2.29. The number of aromatic nitrogens is 1. The Balaban J connectivity index is 2.05. The highest BCUT2D eigenvalue weighted by Gasteiger charge is 2.14. The summed E-state index contributed by atoms with van der Waals surface area (Å²) in [6, 6.07) is 6.31. The van der Waals surface area contributed by atoms with Crippen LogP contribution in [-0.2, 0) is 4.74 Å². The fraction of sp³-hybridized carbons (Fsp3) is 0.364. The zero-order chi connectivity index (χ0) is 10.1. The minimum atomic E-state index is 0.829. The third-order valence-electron chi connectivity index (χ3n) is 2.69. The molecule has 1 aromatic heterocycles. The Kier molecular flexibility index (Phi) is 2.31. The first-order chi connectivity index (χ1) is 7.45. The first kappa shape index (κ1) is 9.12. The van der Waals surface area contributed by atoms with Gasteiger partial charge in [0, 0.05) is 13.1 Å². The van der Waals surface area contributed by atoms with Crippen molar-refractivity contribution in [1.82, 2.24) is 4.98 Å². The second-order valence-electron chi connectivity index (χ2n) is 3.58. The second kappa shape index (κ2) is 3.79. The van der Waals surface area contributed by atoms with E-state index in [1.165, 1.54) is 10.4 Å². The molecule has 0 spiro atoms. The van der Waals surface area contributed by atoms with Gasteiger partial charge in [0.1, 0.15) is 0 Å². The Hall–Kier alpha value is -1.13. The normalized spacial score (nSPS) is 17.2. The van der Waals surface area contributed by atoms with Crippen LogP contribution in [0.3, 0.4) is 0 Å². The molecule has 1 aliphatic rings. The minimum Gasteiger partial charge on any atom is -0.378 e. The molecule has 4 heteroatoms. The number of anilines is 1. The van der Waals surface area contributed by atoms with Gasteiger partial charge < -0.3 is 9.64 Å². The highest BCUT2D eigenvalue weighted by atomic mass is 32.1. The summed E-state index contributed by atoms with van der Waals surface area (Å²) in [6.45, 7) is 3.62. The summed E-state index contributed by atoms with van der Waals surface area (Å²) in [6.07, 6.45) is 0. The van der Waals surface area contributed by atoms with E-state index in [2.05, 4.69) is 28.1 Å². The van der Waals surface area contributed by atoms with Gasteiger partial charge in [-0.15, -0.1) is 11.3 Å². The zero-order valence-corrected chi connectivity index (χ0v) is 9.17. The third kappa shape index (κ3) is 1.60. The largest absolute Gasteiger partial charge is 0.378 e. The van der Waals surface area contributed by atoms with Gasteiger partial charge >= 0.3 is 0 Å². The lowest BCUT2D eigenvalue weighted by Crippen LogP contribution is -2.36. The number of hydrogen-bond acceptors (Lipinski definition) is 4. The van der Waals surface area contributed by atoms with E-state index in [0.717, 1.165) is 31.8 Å². The predicted octanol–water partition coefficient (Wildman–Crippen LogP) is 2.13. The summed E-state index contributed by atoms with van der Waals surface area (Å²) in [5.74, 6) is 0. The number of hydrogen-bond donors (Lipinski definition) is 0. The monoisotopic (exact) mass is 220 g/mol. The van der Waals surface area contributed by atoms with Crippen LogP contribution in [0.25, 0.3) is 10.2 Å². The highest BCUT2D eigenvalue weighted by Crippen LogP contribution is 2.29. The molecule has 3 nitrogen and oxygen atoms in total. The van der Waals surface area contributed by atoms with Crippen molar-refractivity contribution in [2.75, 3.05) is 31.2 Å². The number of thiazole rings is 1. The SMILES string of the molecule is c1cc(N2CCOCC2)c2scnc2c1. The molecule has 0 aliphatic carbocycles. The van der Waals surface area contributed by atoms with Gasteiger partial charge in [-0.1, -0.05) is 6.07 Å². The van der Waals surface area contributed by atoms with E-state index in [1.807, 2.05) is 5.51 Å². The van der Waals surface area contributed by atoms with Crippen molar-refractivity contribution >= 4 is 27.2 Å². The van der Waals surface area contributed by atoms with Crippen LogP contribution in [0.5, 0.6) is 0 Å². The minimum absolute atomic E-state index is 0.829. The van der Waals surface area contributed by atoms with Gasteiger partial charge in [0.05, 0.1) is 34.6 Å². The molecule has 1 aromatic carbocycles. The highest BCUT2D eigenvalue weighted by molar-refractivity contribution is 7.17. The van der Waals surface area contributed by atoms with Gasteiger partial charge in [0.25, 0.3) is 0 Å². The number of fused-ring (bicyclic) bond motifs is 1. The fourth-order valence-corrected chi connectivity index (χ4v) is 2.76.